The molecular formula is C14H11FO2S. The van der Waals surface area contributed by atoms with Crippen LogP contribution in [-0.2, 0) is 0 Å². The fraction of sp³-hybridized carbons (Fsp3) is 0.0714. The van der Waals surface area contributed by atoms with E-state index in [0.717, 1.165) is 15.5 Å². The van der Waals surface area contributed by atoms with E-state index in [1.165, 1.54) is 23.9 Å². The first-order chi connectivity index (χ1) is 8.72. The van der Waals surface area contributed by atoms with E-state index >= 15 is 0 Å². The van der Waals surface area contributed by atoms with Crippen LogP contribution < -0.4 is 4.74 Å². The van der Waals surface area contributed by atoms with Crippen molar-refractivity contribution in [1.82, 2.24) is 0 Å². The van der Waals surface area contributed by atoms with Gasteiger partial charge in [-0.05, 0) is 42.5 Å². The van der Waals surface area contributed by atoms with E-state index in [0.29, 0.717) is 11.8 Å². The van der Waals surface area contributed by atoms with Crippen LogP contribution in [0.15, 0.2) is 52.3 Å². The van der Waals surface area contributed by atoms with Crippen LogP contribution in [0, 0.1) is 5.82 Å². The summed E-state index contributed by atoms with van der Waals surface area (Å²) in [5, 5.41) is 0. The van der Waals surface area contributed by atoms with Crippen molar-refractivity contribution in [3.8, 4) is 5.75 Å². The largest absolute Gasteiger partial charge is 0.497 e. The van der Waals surface area contributed by atoms with Crippen molar-refractivity contribution in [3.05, 3.63) is 53.8 Å². The van der Waals surface area contributed by atoms with Crippen molar-refractivity contribution in [1.29, 1.82) is 0 Å². The molecule has 0 aliphatic rings. The molecular weight excluding hydrogens is 251 g/mol. The smallest absolute Gasteiger partial charge is 0.151 e. The molecule has 4 heteroatoms. The minimum Gasteiger partial charge on any atom is -0.497 e. The monoisotopic (exact) mass is 262 g/mol. The molecule has 0 atom stereocenters. The standard InChI is InChI=1S/C14H11FO2S/c1-17-12-3-5-13(6-4-12)18-14-7-2-11(15)8-10(14)9-16/h2-9H,1H3. The fourth-order valence-corrected chi connectivity index (χ4v) is 2.36. The molecule has 2 aromatic carbocycles. The van der Waals surface area contributed by atoms with Gasteiger partial charge in [0.1, 0.15) is 11.6 Å². The van der Waals surface area contributed by atoms with Crippen molar-refractivity contribution in [2.75, 3.05) is 7.11 Å². The summed E-state index contributed by atoms with van der Waals surface area (Å²) in [6.45, 7) is 0. The summed E-state index contributed by atoms with van der Waals surface area (Å²) in [5.41, 5.74) is 0.357. The maximum Gasteiger partial charge on any atom is 0.151 e. The third-order valence-electron chi connectivity index (χ3n) is 2.39. The van der Waals surface area contributed by atoms with Crippen molar-refractivity contribution >= 4 is 18.0 Å². The van der Waals surface area contributed by atoms with Gasteiger partial charge in [0.05, 0.1) is 7.11 Å². The van der Waals surface area contributed by atoms with Crippen LogP contribution in [0.4, 0.5) is 4.39 Å². The summed E-state index contributed by atoms with van der Waals surface area (Å²) in [4.78, 5) is 12.6. The van der Waals surface area contributed by atoms with Gasteiger partial charge < -0.3 is 4.74 Å². The molecule has 0 bridgehead atoms. The molecule has 0 fully saturated rings. The predicted octanol–water partition coefficient (Wildman–Crippen LogP) is 3.80. The van der Waals surface area contributed by atoms with Crippen molar-refractivity contribution in [3.63, 3.8) is 0 Å². The van der Waals surface area contributed by atoms with E-state index in [1.54, 1.807) is 13.2 Å². The molecule has 2 nitrogen and oxygen atoms in total. The minimum absolute atomic E-state index is 0.357. The highest BCUT2D eigenvalue weighted by atomic mass is 32.2. The molecule has 0 saturated carbocycles. The summed E-state index contributed by atoms with van der Waals surface area (Å²) in [6.07, 6.45) is 0.662. The van der Waals surface area contributed by atoms with Crippen LogP contribution in [0.25, 0.3) is 0 Å². The molecule has 0 saturated heterocycles. The second-order valence-corrected chi connectivity index (χ2v) is 4.69. The molecule has 0 aliphatic carbocycles. The Hall–Kier alpha value is -1.81. The molecule has 18 heavy (non-hydrogen) atoms. The van der Waals surface area contributed by atoms with Crippen LogP contribution >= 0.6 is 11.8 Å². The Labute approximate surface area is 109 Å². The number of hydrogen-bond acceptors (Lipinski definition) is 3. The quantitative estimate of drug-likeness (QED) is 0.784. The molecule has 2 rings (SSSR count). The first kappa shape index (κ1) is 12.6. The normalized spacial score (nSPS) is 10.1. The van der Waals surface area contributed by atoms with Crippen molar-refractivity contribution < 1.29 is 13.9 Å². The zero-order valence-electron chi connectivity index (χ0n) is 9.72. The number of carbonyl (C=O) groups excluding carboxylic acids is 1. The SMILES string of the molecule is COc1ccc(Sc2ccc(F)cc2C=O)cc1. The molecule has 0 aromatic heterocycles. The van der Waals surface area contributed by atoms with E-state index < -0.39 is 5.82 Å². The Bertz CT molecular complexity index is 552. The van der Waals surface area contributed by atoms with Crippen LogP contribution in [0.1, 0.15) is 10.4 Å². The third kappa shape index (κ3) is 2.90. The van der Waals surface area contributed by atoms with Gasteiger partial charge >= 0.3 is 0 Å². The van der Waals surface area contributed by atoms with Gasteiger partial charge in [0, 0.05) is 15.4 Å². The average molecular weight is 262 g/mol. The molecule has 0 N–H and O–H groups in total. The minimum atomic E-state index is -0.406. The predicted molar refractivity (Wildman–Crippen MR) is 68.9 cm³/mol. The summed E-state index contributed by atoms with van der Waals surface area (Å²) in [7, 11) is 1.60. The van der Waals surface area contributed by atoms with Gasteiger partial charge in [-0.2, -0.15) is 0 Å². The Balaban J connectivity index is 2.24. The van der Waals surface area contributed by atoms with E-state index in [-0.39, 0.29) is 0 Å². The zero-order chi connectivity index (χ0) is 13.0. The second kappa shape index (κ2) is 5.69. The van der Waals surface area contributed by atoms with Gasteiger partial charge in [0.15, 0.2) is 6.29 Å². The van der Waals surface area contributed by atoms with Gasteiger partial charge in [-0.1, -0.05) is 11.8 Å². The van der Waals surface area contributed by atoms with Gasteiger partial charge in [-0.15, -0.1) is 0 Å². The topological polar surface area (TPSA) is 26.3 Å². The average Bonchev–Trinajstić information content (AvgIpc) is 2.41. The molecule has 0 spiro atoms. The molecule has 0 radical (unpaired) electrons. The lowest BCUT2D eigenvalue weighted by Crippen LogP contribution is -1.87. The Kier molecular flexibility index (Phi) is 3.99. The first-order valence-electron chi connectivity index (χ1n) is 5.29. The van der Waals surface area contributed by atoms with Crippen molar-refractivity contribution in [2.24, 2.45) is 0 Å². The number of halogens is 1. The number of hydrogen-bond donors (Lipinski definition) is 0. The molecule has 2 aromatic rings. The lowest BCUT2D eigenvalue weighted by molar-refractivity contribution is 0.112. The number of rotatable bonds is 4. The summed E-state index contributed by atoms with van der Waals surface area (Å²) < 4.78 is 18.1. The summed E-state index contributed by atoms with van der Waals surface area (Å²) >= 11 is 1.41. The van der Waals surface area contributed by atoms with Crippen LogP contribution in [-0.4, -0.2) is 13.4 Å². The van der Waals surface area contributed by atoms with Gasteiger partial charge in [0.25, 0.3) is 0 Å². The lowest BCUT2D eigenvalue weighted by Gasteiger charge is -2.05. The Morgan fingerprint density at radius 3 is 2.50 bits per heavy atom. The van der Waals surface area contributed by atoms with E-state index in [2.05, 4.69) is 0 Å². The highest BCUT2D eigenvalue weighted by Gasteiger charge is 2.05. The van der Waals surface area contributed by atoms with Crippen LogP contribution in [0.3, 0.4) is 0 Å². The maximum absolute atomic E-state index is 13.0. The van der Waals surface area contributed by atoms with Crippen LogP contribution in [0.5, 0.6) is 5.75 Å². The summed E-state index contributed by atoms with van der Waals surface area (Å²) in [5.74, 6) is 0.366. The number of ether oxygens (including phenoxy) is 1. The fourth-order valence-electron chi connectivity index (χ4n) is 1.48. The first-order valence-corrected chi connectivity index (χ1v) is 6.11. The molecule has 0 heterocycles. The molecule has 0 amide bonds. The van der Waals surface area contributed by atoms with Gasteiger partial charge in [-0.25, -0.2) is 4.39 Å². The number of carbonyl (C=O) groups is 1. The number of methoxy groups -OCH3 is 1. The van der Waals surface area contributed by atoms with E-state index in [4.69, 9.17) is 4.74 Å². The number of benzene rings is 2. The Morgan fingerprint density at radius 1 is 1.17 bits per heavy atom. The second-order valence-electron chi connectivity index (χ2n) is 3.58. The highest BCUT2D eigenvalue weighted by molar-refractivity contribution is 7.99. The van der Waals surface area contributed by atoms with E-state index in [9.17, 15) is 9.18 Å². The molecule has 0 unspecified atom stereocenters. The third-order valence-corrected chi connectivity index (χ3v) is 3.49. The van der Waals surface area contributed by atoms with Crippen LogP contribution in [0.2, 0.25) is 0 Å². The van der Waals surface area contributed by atoms with E-state index in [1.807, 2.05) is 24.3 Å². The lowest BCUT2D eigenvalue weighted by atomic mass is 10.2. The van der Waals surface area contributed by atoms with Gasteiger partial charge in [-0.3, -0.25) is 4.79 Å². The number of aldehydes is 1. The Morgan fingerprint density at radius 2 is 1.89 bits per heavy atom. The zero-order valence-corrected chi connectivity index (χ0v) is 10.5. The summed E-state index contributed by atoms with van der Waals surface area (Å²) in [6, 6.07) is 11.6. The molecule has 0 aliphatic heterocycles. The van der Waals surface area contributed by atoms with Gasteiger partial charge in [0.2, 0.25) is 0 Å². The maximum atomic E-state index is 13.0. The van der Waals surface area contributed by atoms with Crippen molar-refractivity contribution in [2.45, 2.75) is 9.79 Å². The molecule has 92 valence electrons. The highest BCUT2D eigenvalue weighted by Crippen LogP contribution is 2.31.